The van der Waals surface area contributed by atoms with E-state index in [-0.39, 0.29) is 24.2 Å². The van der Waals surface area contributed by atoms with Crippen LogP contribution in [0.2, 0.25) is 0 Å². The second-order valence-electron chi connectivity index (χ2n) is 12.7. The number of fused-ring (bicyclic) bond motifs is 3. The molecule has 45 heavy (non-hydrogen) atoms. The minimum absolute atomic E-state index is 0.0206. The van der Waals surface area contributed by atoms with Crippen LogP contribution in [0.3, 0.4) is 0 Å². The molecule has 0 radical (unpaired) electrons. The number of carbonyl (C=O) groups is 5. The smallest absolute Gasteiger partial charge is 0.235 e. The number of primary amides is 1. The first-order valence-electron chi connectivity index (χ1n) is 15.1. The van der Waals surface area contributed by atoms with Crippen molar-refractivity contribution in [1.29, 1.82) is 0 Å². The fraction of sp³-hybridized carbons (Fsp3) is 0.485. The molecule has 0 spiro atoms. The van der Waals surface area contributed by atoms with E-state index >= 15 is 0 Å². The first-order valence-corrected chi connectivity index (χ1v) is 15.1. The third-order valence-electron chi connectivity index (χ3n) is 10.0. The molecule has 1 aliphatic heterocycles. The molecule has 2 saturated carbocycles. The number of amides is 1. The Kier molecular flexibility index (Phi) is 7.88. The Hall–Kier alpha value is -3.97. The number of nitrogens with two attached hydrogens (primary N) is 1. The summed E-state index contributed by atoms with van der Waals surface area (Å²) < 4.78 is 11.2. The number of carbonyl (C=O) groups excluding carboxylic acids is 5. The van der Waals surface area contributed by atoms with Gasteiger partial charge >= 0.3 is 0 Å². The van der Waals surface area contributed by atoms with Crippen LogP contribution in [-0.2, 0) is 36.9 Å². The molecule has 6 rings (SSSR count). The third kappa shape index (κ3) is 4.78. The molecular formula is C33H37N3O9. The van der Waals surface area contributed by atoms with Crippen molar-refractivity contribution < 1.29 is 43.7 Å². The molecule has 4 N–H and O–H groups in total. The van der Waals surface area contributed by atoms with Gasteiger partial charge in [-0.1, -0.05) is 12.1 Å². The Morgan fingerprint density at radius 3 is 2.44 bits per heavy atom. The van der Waals surface area contributed by atoms with Gasteiger partial charge in [0, 0.05) is 31.1 Å². The SMILES string of the molecule is COc1ccc(CN2CCOCC2)cc1-c1ccc(O)c2c1CC1CC3C(N(C)C)C(=O)C(C(N)=O)C(=O)C3(O)C(=O)C1C2=O. The lowest BCUT2D eigenvalue weighted by atomic mass is 9.52. The van der Waals surface area contributed by atoms with E-state index < -0.39 is 64.4 Å². The first-order chi connectivity index (χ1) is 21.4. The number of phenols is 1. The maximum atomic E-state index is 14.1. The zero-order valence-corrected chi connectivity index (χ0v) is 25.4. The highest BCUT2D eigenvalue weighted by molar-refractivity contribution is 6.32. The number of Topliss-reactive ketones (excluding diaryl/α,β-unsaturated/α-hetero) is 4. The summed E-state index contributed by atoms with van der Waals surface area (Å²) in [5, 5.41) is 22.8. The number of morpholine rings is 1. The number of aromatic hydroxyl groups is 1. The number of ether oxygens (including phenoxy) is 2. The topological polar surface area (TPSA) is 177 Å². The van der Waals surface area contributed by atoms with Crippen LogP contribution >= 0.6 is 0 Å². The highest BCUT2D eigenvalue weighted by Crippen LogP contribution is 2.52. The summed E-state index contributed by atoms with van der Waals surface area (Å²) in [6.45, 7) is 3.59. The number of nitrogens with zero attached hydrogens (tertiary/aromatic N) is 2. The first kappa shape index (κ1) is 31.0. The van der Waals surface area contributed by atoms with Gasteiger partial charge in [-0.3, -0.25) is 33.8 Å². The molecule has 3 aliphatic carbocycles. The normalized spacial score (nSPS) is 30.1. The fourth-order valence-corrected chi connectivity index (χ4v) is 7.94. The summed E-state index contributed by atoms with van der Waals surface area (Å²) in [6, 6.07) is 7.77. The molecule has 1 saturated heterocycles. The molecule has 6 atom stereocenters. The number of likely N-dealkylation sites (N-methyl/N-ethyl adjacent to an activating group) is 1. The molecule has 2 aromatic carbocycles. The largest absolute Gasteiger partial charge is 0.507 e. The van der Waals surface area contributed by atoms with Gasteiger partial charge in [0.1, 0.15) is 11.5 Å². The minimum Gasteiger partial charge on any atom is -0.507 e. The molecule has 3 fully saturated rings. The number of phenolic OH excluding ortho intramolecular Hbond substituents is 1. The average molecular weight is 620 g/mol. The van der Waals surface area contributed by atoms with E-state index in [2.05, 4.69) is 4.90 Å². The van der Waals surface area contributed by atoms with E-state index in [0.29, 0.717) is 42.2 Å². The molecule has 4 aliphatic rings. The van der Waals surface area contributed by atoms with Crippen LogP contribution in [-0.4, -0.2) is 108 Å². The van der Waals surface area contributed by atoms with Gasteiger partial charge in [-0.15, -0.1) is 0 Å². The highest BCUT2D eigenvalue weighted by atomic mass is 16.5. The van der Waals surface area contributed by atoms with E-state index in [1.165, 1.54) is 11.0 Å². The van der Waals surface area contributed by atoms with Gasteiger partial charge in [-0.2, -0.15) is 0 Å². The van der Waals surface area contributed by atoms with Gasteiger partial charge in [0.25, 0.3) is 0 Å². The Morgan fingerprint density at radius 2 is 1.80 bits per heavy atom. The van der Waals surface area contributed by atoms with E-state index in [9.17, 15) is 34.2 Å². The van der Waals surface area contributed by atoms with Crippen molar-refractivity contribution in [3.05, 3.63) is 47.0 Å². The predicted molar refractivity (Wildman–Crippen MR) is 159 cm³/mol. The van der Waals surface area contributed by atoms with E-state index in [4.69, 9.17) is 15.2 Å². The van der Waals surface area contributed by atoms with Crippen molar-refractivity contribution >= 4 is 29.0 Å². The Labute approximate surface area is 260 Å². The number of benzene rings is 2. The molecule has 2 aromatic rings. The van der Waals surface area contributed by atoms with Crippen LogP contribution < -0.4 is 10.5 Å². The van der Waals surface area contributed by atoms with Crippen molar-refractivity contribution in [3.63, 3.8) is 0 Å². The van der Waals surface area contributed by atoms with Crippen LogP contribution in [0.1, 0.15) is 27.9 Å². The lowest BCUT2D eigenvalue weighted by molar-refractivity contribution is -0.181. The number of aliphatic hydroxyl groups is 1. The summed E-state index contributed by atoms with van der Waals surface area (Å²) in [5.41, 5.74) is 5.48. The number of hydrogen-bond donors (Lipinski definition) is 3. The van der Waals surface area contributed by atoms with Gasteiger partial charge in [-0.25, -0.2) is 0 Å². The maximum absolute atomic E-state index is 14.1. The predicted octanol–water partition coefficient (Wildman–Crippen LogP) is 0.375. The molecule has 238 valence electrons. The Bertz CT molecular complexity index is 1610. The second kappa shape index (κ2) is 11.4. The number of ketones is 4. The van der Waals surface area contributed by atoms with Gasteiger partial charge < -0.3 is 25.4 Å². The maximum Gasteiger partial charge on any atom is 0.235 e. The molecular weight excluding hydrogens is 582 g/mol. The monoisotopic (exact) mass is 619 g/mol. The lowest BCUT2D eigenvalue weighted by Gasteiger charge is -2.52. The molecule has 0 bridgehead atoms. The van der Waals surface area contributed by atoms with Gasteiger partial charge in [0.15, 0.2) is 34.7 Å². The summed E-state index contributed by atoms with van der Waals surface area (Å²) in [6.07, 6.45) is 0.139. The van der Waals surface area contributed by atoms with Crippen molar-refractivity contribution in [2.24, 2.45) is 29.4 Å². The lowest BCUT2D eigenvalue weighted by Crippen LogP contribution is -2.74. The number of hydrogen-bond acceptors (Lipinski definition) is 11. The summed E-state index contributed by atoms with van der Waals surface area (Å²) in [7, 11) is 4.66. The van der Waals surface area contributed by atoms with E-state index in [1.807, 2.05) is 18.2 Å². The van der Waals surface area contributed by atoms with Crippen LogP contribution in [0.25, 0.3) is 11.1 Å². The van der Waals surface area contributed by atoms with Crippen LogP contribution in [0.15, 0.2) is 30.3 Å². The second-order valence-corrected chi connectivity index (χ2v) is 12.7. The van der Waals surface area contributed by atoms with Gasteiger partial charge in [0.2, 0.25) is 5.91 Å². The third-order valence-corrected chi connectivity index (χ3v) is 10.0. The molecule has 6 unspecified atom stereocenters. The molecule has 1 amide bonds. The van der Waals surface area contributed by atoms with Crippen molar-refractivity contribution in [1.82, 2.24) is 9.80 Å². The van der Waals surface area contributed by atoms with E-state index in [0.717, 1.165) is 18.7 Å². The molecule has 1 heterocycles. The molecule has 0 aromatic heterocycles. The summed E-state index contributed by atoms with van der Waals surface area (Å²) in [5.74, 6) is -10.2. The van der Waals surface area contributed by atoms with Crippen LogP contribution in [0.5, 0.6) is 11.5 Å². The molecule has 12 heteroatoms. The quantitative estimate of drug-likeness (QED) is 0.381. The number of rotatable bonds is 6. The van der Waals surface area contributed by atoms with Gasteiger partial charge in [-0.05, 0) is 67.7 Å². The van der Waals surface area contributed by atoms with Crippen molar-refractivity contribution in [2.45, 2.75) is 31.0 Å². The Morgan fingerprint density at radius 1 is 1.09 bits per heavy atom. The zero-order chi connectivity index (χ0) is 32.4. The van der Waals surface area contributed by atoms with E-state index in [1.54, 1.807) is 27.3 Å². The van der Waals surface area contributed by atoms with Gasteiger partial charge in [0.05, 0.1) is 37.8 Å². The number of methoxy groups -OCH3 is 1. The fourth-order valence-electron chi connectivity index (χ4n) is 7.94. The standard InChI is InChI=1S/C33H37N3O9/c1-35(2)27-21-14-17-13-20-18(19-12-16(4-7-23(19)44-3)15-36-8-10-45-11-9-36)5-6-22(37)25(20)28(38)24(17)30(40)33(21,43)31(41)26(29(27)39)32(34)42/h4-7,12,17,21,24,26-27,37,43H,8-11,13-15H2,1-3H3,(H2,34,42). The van der Waals surface area contributed by atoms with Crippen molar-refractivity contribution in [2.75, 3.05) is 47.5 Å². The van der Waals surface area contributed by atoms with Crippen LogP contribution in [0, 0.1) is 23.7 Å². The van der Waals surface area contributed by atoms with Crippen molar-refractivity contribution in [3.8, 4) is 22.6 Å². The Balaban J connectivity index is 1.44. The minimum atomic E-state index is -2.76. The zero-order valence-electron chi connectivity index (χ0n) is 25.4. The molecule has 12 nitrogen and oxygen atoms in total. The summed E-state index contributed by atoms with van der Waals surface area (Å²) >= 11 is 0. The highest BCUT2D eigenvalue weighted by Gasteiger charge is 2.69. The summed E-state index contributed by atoms with van der Waals surface area (Å²) in [4.78, 5) is 71.1. The van der Waals surface area contributed by atoms with Crippen LogP contribution in [0.4, 0.5) is 0 Å². The average Bonchev–Trinajstić information content (AvgIpc) is 2.99.